The van der Waals surface area contributed by atoms with Gasteiger partial charge < -0.3 is 10.5 Å². The number of amides is 1. The molecule has 106 valence electrons. The fourth-order valence-corrected chi connectivity index (χ4v) is 1.53. The molecule has 0 radical (unpaired) electrons. The molecule has 7 heteroatoms. The van der Waals surface area contributed by atoms with Crippen molar-refractivity contribution in [2.75, 3.05) is 20.2 Å². The highest BCUT2D eigenvalue weighted by Crippen LogP contribution is 2.19. The smallest absolute Gasteiger partial charge is 0.422 e. The minimum Gasteiger partial charge on any atom is -0.484 e. The lowest BCUT2D eigenvalue weighted by atomic mass is 10.2. The van der Waals surface area contributed by atoms with Crippen molar-refractivity contribution in [3.05, 3.63) is 29.8 Å². The van der Waals surface area contributed by atoms with Gasteiger partial charge in [0.25, 0.3) is 0 Å². The molecule has 0 atom stereocenters. The number of likely N-dealkylation sites (N-methyl/N-ethyl adjacent to an activating group) is 1. The molecule has 2 N–H and O–H groups in total. The number of carbonyl (C=O) groups excluding carboxylic acids is 1. The summed E-state index contributed by atoms with van der Waals surface area (Å²) in [5, 5.41) is 0. The van der Waals surface area contributed by atoms with Gasteiger partial charge in [0.15, 0.2) is 6.61 Å². The molecule has 0 saturated carbocycles. The Morgan fingerprint density at radius 3 is 2.68 bits per heavy atom. The van der Waals surface area contributed by atoms with Gasteiger partial charge in [0.2, 0.25) is 5.91 Å². The van der Waals surface area contributed by atoms with Crippen LogP contribution in [0, 0.1) is 0 Å². The minimum absolute atomic E-state index is 0.0770. The number of rotatable bonds is 6. The monoisotopic (exact) mass is 276 g/mol. The topological polar surface area (TPSA) is 55.6 Å². The average molecular weight is 276 g/mol. The molecule has 0 aliphatic heterocycles. The molecule has 0 fully saturated rings. The van der Waals surface area contributed by atoms with Gasteiger partial charge in [-0.1, -0.05) is 12.1 Å². The molecule has 0 aliphatic carbocycles. The van der Waals surface area contributed by atoms with Crippen LogP contribution in [0.4, 0.5) is 13.2 Å². The molecule has 0 unspecified atom stereocenters. The standard InChI is InChI=1S/C12H15F3N2O2/c1-17(7-11(16)18)6-9-3-2-4-10(5-9)19-8-12(13,14)15/h2-5H,6-8H2,1H3,(H2,16,18). The van der Waals surface area contributed by atoms with E-state index in [4.69, 9.17) is 5.73 Å². The van der Waals surface area contributed by atoms with Crippen LogP contribution in [-0.4, -0.2) is 37.2 Å². The van der Waals surface area contributed by atoms with E-state index in [2.05, 4.69) is 4.74 Å². The molecule has 0 saturated heterocycles. The molecular formula is C12H15F3N2O2. The lowest BCUT2D eigenvalue weighted by Gasteiger charge is -2.15. The normalized spacial score (nSPS) is 11.6. The van der Waals surface area contributed by atoms with Crippen LogP contribution in [-0.2, 0) is 11.3 Å². The molecule has 19 heavy (non-hydrogen) atoms. The van der Waals surface area contributed by atoms with Crippen molar-refractivity contribution in [2.24, 2.45) is 5.73 Å². The van der Waals surface area contributed by atoms with E-state index in [0.29, 0.717) is 6.54 Å². The Morgan fingerprint density at radius 1 is 1.42 bits per heavy atom. The van der Waals surface area contributed by atoms with Crippen LogP contribution in [0.15, 0.2) is 24.3 Å². The third-order valence-corrected chi connectivity index (χ3v) is 2.18. The van der Waals surface area contributed by atoms with Crippen molar-refractivity contribution in [1.82, 2.24) is 4.90 Å². The number of ether oxygens (including phenoxy) is 1. The Bertz CT molecular complexity index is 435. The second-order valence-corrected chi connectivity index (χ2v) is 4.19. The average Bonchev–Trinajstić information content (AvgIpc) is 2.24. The van der Waals surface area contributed by atoms with E-state index in [1.807, 2.05) is 0 Å². The van der Waals surface area contributed by atoms with E-state index in [0.717, 1.165) is 5.56 Å². The van der Waals surface area contributed by atoms with Gasteiger partial charge in [0, 0.05) is 6.54 Å². The Kier molecular flexibility index (Phi) is 5.17. The molecule has 1 aromatic carbocycles. The van der Waals surface area contributed by atoms with Crippen LogP contribution >= 0.6 is 0 Å². The summed E-state index contributed by atoms with van der Waals surface area (Å²) >= 11 is 0. The molecule has 0 aromatic heterocycles. The zero-order chi connectivity index (χ0) is 14.5. The SMILES string of the molecule is CN(CC(N)=O)Cc1cccc(OCC(F)(F)F)c1. The lowest BCUT2D eigenvalue weighted by Crippen LogP contribution is -2.30. The zero-order valence-electron chi connectivity index (χ0n) is 10.4. The Labute approximate surface area is 108 Å². The summed E-state index contributed by atoms with van der Waals surface area (Å²) in [6, 6.07) is 6.28. The summed E-state index contributed by atoms with van der Waals surface area (Å²) in [6.07, 6.45) is -4.36. The number of halogens is 3. The van der Waals surface area contributed by atoms with Gasteiger partial charge >= 0.3 is 6.18 Å². The van der Waals surface area contributed by atoms with Gasteiger partial charge in [-0.05, 0) is 24.7 Å². The highest BCUT2D eigenvalue weighted by atomic mass is 19.4. The fourth-order valence-electron chi connectivity index (χ4n) is 1.53. The highest BCUT2D eigenvalue weighted by Gasteiger charge is 2.28. The predicted molar refractivity (Wildman–Crippen MR) is 63.5 cm³/mol. The Balaban J connectivity index is 2.59. The van der Waals surface area contributed by atoms with E-state index in [1.165, 1.54) is 12.1 Å². The molecule has 0 aliphatic rings. The van der Waals surface area contributed by atoms with Gasteiger partial charge in [-0.25, -0.2) is 0 Å². The minimum atomic E-state index is -4.36. The van der Waals surface area contributed by atoms with Crippen LogP contribution in [0.1, 0.15) is 5.56 Å². The molecule has 1 rings (SSSR count). The molecular weight excluding hydrogens is 261 g/mol. The van der Waals surface area contributed by atoms with Crippen molar-refractivity contribution >= 4 is 5.91 Å². The lowest BCUT2D eigenvalue weighted by molar-refractivity contribution is -0.153. The van der Waals surface area contributed by atoms with Gasteiger partial charge in [-0.15, -0.1) is 0 Å². The third-order valence-electron chi connectivity index (χ3n) is 2.18. The quantitative estimate of drug-likeness (QED) is 0.857. The number of hydrogen-bond donors (Lipinski definition) is 1. The van der Waals surface area contributed by atoms with Crippen molar-refractivity contribution in [3.8, 4) is 5.75 Å². The van der Waals surface area contributed by atoms with Gasteiger partial charge in [-0.2, -0.15) is 13.2 Å². The first-order chi connectivity index (χ1) is 8.76. The van der Waals surface area contributed by atoms with Crippen LogP contribution in [0.2, 0.25) is 0 Å². The number of nitrogens with two attached hydrogens (primary N) is 1. The summed E-state index contributed by atoms with van der Waals surface area (Å²) in [4.78, 5) is 12.4. The molecule has 0 bridgehead atoms. The van der Waals surface area contributed by atoms with Gasteiger partial charge in [0.1, 0.15) is 5.75 Å². The van der Waals surface area contributed by atoms with Crippen LogP contribution in [0.25, 0.3) is 0 Å². The Hall–Kier alpha value is -1.76. The van der Waals surface area contributed by atoms with Crippen molar-refractivity contribution in [2.45, 2.75) is 12.7 Å². The summed E-state index contributed by atoms with van der Waals surface area (Å²) in [7, 11) is 1.69. The van der Waals surface area contributed by atoms with E-state index >= 15 is 0 Å². The largest absolute Gasteiger partial charge is 0.484 e. The van der Waals surface area contributed by atoms with Crippen molar-refractivity contribution in [3.63, 3.8) is 0 Å². The van der Waals surface area contributed by atoms with Crippen LogP contribution in [0.3, 0.4) is 0 Å². The molecule has 0 spiro atoms. The van der Waals surface area contributed by atoms with E-state index in [9.17, 15) is 18.0 Å². The maximum Gasteiger partial charge on any atom is 0.422 e. The highest BCUT2D eigenvalue weighted by molar-refractivity contribution is 5.75. The summed E-state index contributed by atoms with van der Waals surface area (Å²) < 4.78 is 40.7. The number of primary amides is 1. The summed E-state index contributed by atoms with van der Waals surface area (Å²) in [5.74, 6) is -0.325. The predicted octanol–water partition coefficient (Wildman–Crippen LogP) is 1.54. The van der Waals surface area contributed by atoms with Crippen LogP contribution in [0.5, 0.6) is 5.75 Å². The maximum atomic E-state index is 12.0. The van der Waals surface area contributed by atoms with E-state index < -0.39 is 18.7 Å². The number of benzene rings is 1. The number of alkyl halides is 3. The van der Waals surface area contributed by atoms with E-state index in [-0.39, 0.29) is 12.3 Å². The molecule has 0 heterocycles. The second kappa shape index (κ2) is 6.42. The second-order valence-electron chi connectivity index (χ2n) is 4.19. The third kappa shape index (κ3) is 6.66. The first kappa shape index (κ1) is 15.3. The first-order valence-corrected chi connectivity index (χ1v) is 5.51. The fraction of sp³-hybridized carbons (Fsp3) is 0.417. The van der Waals surface area contributed by atoms with E-state index in [1.54, 1.807) is 24.1 Å². The van der Waals surface area contributed by atoms with Crippen molar-refractivity contribution < 1.29 is 22.7 Å². The molecule has 1 amide bonds. The number of nitrogens with zero attached hydrogens (tertiary/aromatic N) is 1. The summed E-state index contributed by atoms with van der Waals surface area (Å²) in [6.45, 7) is -0.854. The van der Waals surface area contributed by atoms with Gasteiger partial charge in [-0.3, -0.25) is 9.69 Å². The Morgan fingerprint density at radius 2 is 2.11 bits per heavy atom. The number of hydrogen-bond acceptors (Lipinski definition) is 3. The number of carbonyl (C=O) groups is 1. The maximum absolute atomic E-state index is 12.0. The van der Waals surface area contributed by atoms with Crippen molar-refractivity contribution in [1.29, 1.82) is 0 Å². The van der Waals surface area contributed by atoms with Gasteiger partial charge in [0.05, 0.1) is 6.54 Å². The summed E-state index contributed by atoms with van der Waals surface area (Å²) in [5.41, 5.74) is 5.78. The molecule has 4 nitrogen and oxygen atoms in total. The molecule has 1 aromatic rings. The van der Waals surface area contributed by atoms with Crippen LogP contribution < -0.4 is 10.5 Å². The zero-order valence-corrected chi connectivity index (χ0v) is 10.4. The first-order valence-electron chi connectivity index (χ1n) is 5.51.